The molecule has 1 aromatic carbocycles. The molecule has 1 unspecified atom stereocenters. The molecule has 5 nitrogen and oxygen atoms in total. The summed E-state index contributed by atoms with van der Waals surface area (Å²) in [6.45, 7) is 0.884. The first-order chi connectivity index (χ1) is 8.11. The Balaban J connectivity index is 2.15. The number of carbonyl (C=O) groups is 1. The molecule has 0 saturated carbocycles. The van der Waals surface area contributed by atoms with Gasteiger partial charge in [-0.05, 0) is 24.3 Å². The van der Waals surface area contributed by atoms with E-state index in [1.54, 1.807) is 4.90 Å². The van der Waals surface area contributed by atoms with Crippen molar-refractivity contribution in [3.05, 3.63) is 24.3 Å². The van der Waals surface area contributed by atoms with Crippen molar-refractivity contribution in [2.45, 2.75) is 6.10 Å². The summed E-state index contributed by atoms with van der Waals surface area (Å²) in [6.07, 6.45) is -0.519. The molecule has 1 atom stereocenters. The number of rotatable bonds is 3. The molecule has 0 spiro atoms. The third kappa shape index (κ3) is 2.34. The van der Waals surface area contributed by atoms with Gasteiger partial charge in [-0.15, -0.1) is 0 Å². The first-order valence-electron chi connectivity index (χ1n) is 5.57. The molecular formula is C12H17N3O2. The first-order valence-corrected chi connectivity index (χ1v) is 5.57. The smallest absolute Gasteiger partial charge is 0.414 e. The van der Waals surface area contributed by atoms with Gasteiger partial charge in [-0.3, -0.25) is 4.90 Å². The zero-order valence-electron chi connectivity index (χ0n) is 10.1. The normalized spacial score (nSPS) is 19.4. The summed E-state index contributed by atoms with van der Waals surface area (Å²) in [4.78, 5) is 15.2. The van der Waals surface area contributed by atoms with Crippen LogP contribution in [-0.4, -0.2) is 39.4 Å². The van der Waals surface area contributed by atoms with E-state index in [0.29, 0.717) is 13.1 Å². The standard InChI is InChI=1S/C12H17N3O2/c1-14(2)9-3-5-10(6-4-9)15-8-11(7-13)17-12(15)16/h3-6,11H,7-8,13H2,1-2H3. The van der Waals surface area contributed by atoms with E-state index in [2.05, 4.69) is 0 Å². The van der Waals surface area contributed by atoms with Crippen LogP contribution in [0.25, 0.3) is 0 Å². The Kier molecular flexibility index (Phi) is 3.19. The summed E-state index contributed by atoms with van der Waals surface area (Å²) in [5.74, 6) is 0. The molecule has 0 aliphatic carbocycles. The fourth-order valence-corrected chi connectivity index (χ4v) is 1.79. The van der Waals surface area contributed by atoms with Crippen molar-refractivity contribution in [2.75, 3.05) is 37.0 Å². The van der Waals surface area contributed by atoms with Crippen LogP contribution in [0.15, 0.2) is 24.3 Å². The minimum atomic E-state index is -0.321. The molecule has 92 valence electrons. The van der Waals surface area contributed by atoms with Crippen LogP contribution in [0.1, 0.15) is 0 Å². The summed E-state index contributed by atoms with van der Waals surface area (Å²) in [5, 5.41) is 0. The van der Waals surface area contributed by atoms with Crippen LogP contribution >= 0.6 is 0 Å². The average Bonchev–Trinajstić information content (AvgIpc) is 2.71. The highest BCUT2D eigenvalue weighted by molar-refractivity contribution is 5.90. The summed E-state index contributed by atoms with van der Waals surface area (Å²) in [6, 6.07) is 7.77. The number of benzene rings is 1. The second kappa shape index (κ2) is 4.63. The van der Waals surface area contributed by atoms with Gasteiger partial charge in [0, 0.05) is 32.0 Å². The van der Waals surface area contributed by atoms with Crippen molar-refractivity contribution >= 4 is 17.5 Å². The van der Waals surface area contributed by atoms with E-state index in [4.69, 9.17) is 10.5 Å². The predicted octanol–water partition coefficient (Wildman–Crippen LogP) is 1.04. The lowest BCUT2D eigenvalue weighted by atomic mass is 10.2. The molecule has 0 bridgehead atoms. The van der Waals surface area contributed by atoms with Crippen molar-refractivity contribution in [2.24, 2.45) is 5.73 Å². The highest BCUT2D eigenvalue weighted by Gasteiger charge is 2.31. The van der Waals surface area contributed by atoms with E-state index in [1.807, 2.05) is 43.3 Å². The average molecular weight is 235 g/mol. The Morgan fingerprint density at radius 2 is 2.06 bits per heavy atom. The molecule has 1 amide bonds. The number of anilines is 2. The topological polar surface area (TPSA) is 58.8 Å². The quantitative estimate of drug-likeness (QED) is 0.850. The first kappa shape index (κ1) is 11.7. The lowest BCUT2D eigenvalue weighted by Gasteiger charge is -2.16. The van der Waals surface area contributed by atoms with E-state index in [1.165, 1.54) is 0 Å². The van der Waals surface area contributed by atoms with Crippen LogP contribution in [0.5, 0.6) is 0 Å². The number of cyclic esters (lactones) is 1. The number of nitrogens with zero attached hydrogens (tertiary/aromatic N) is 2. The molecule has 1 fully saturated rings. The molecule has 1 aliphatic rings. The fraction of sp³-hybridized carbons (Fsp3) is 0.417. The molecule has 1 heterocycles. The zero-order valence-corrected chi connectivity index (χ0v) is 10.1. The molecule has 17 heavy (non-hydrogen) atoms. The monoisotopic (exact) mass is 235 g/mol. The number of hydrogen-bond acceptors (Lipinski definition) is 4. The third-order valence-corrected chi connectivity index (χ3v) is 2.81. The number of amides is 1. The van der Waals surface area contributed by atoms with Gasteiger partial charge >= 0.3 is 6.09 Å². The van der Waals surface area contributed by atoms with Gasteiger partial charge in [0.2, 0.25) is 0 Å². The number of nitrogens with two attached hydrogens (primary N) is 1. The van der Waals surface area contributed by atoms with Crippen molar-refractivity contribution in [3.8, 4) is 0 Å². The van der Waals surface area contributed by atoms with Crippen LogP contribution in [0.2, 0.25) is 0 Å². The maximum Gasteiger partial charge on any atom is 0.414 e. The molecule has 1 saturated heterocycles. The maximum absolute atomic E-state index is 11.6. The minimum Gasteiger partial charge on any atom is -0.443 e. The van der Waals surface area contributed by atoms with Gasteiger partial charge in [0.1, 0.15) is 6.10 Å². The van der Waals surface area contributed by atoms with Gasteiger partial charge < -0.3 is 15.4 Å². The summed E-state index contributed by atoms with van der Waals surface area (Å²) < 4.78 is 5.11. The molecule has 0 radical (unpaired) electrons. The van der Waals surface area contributed by atoms with E-state index < -0.39 is 0 Å². The second-order valence-electron chi connectivity index (χ2n) is 4.26. The largest absolute Gasteiger partial charge is 0.443 e. The molecule has 1 aliphatic heterocycles. The summed E-state index contributed by atoms with van der Waals surface area (Å²) >= 11 is 0. The third-order valence-electron chi connectivity index (χ3n) is 2.81. The van der Waals surface area contributed by atoms with Crippen molar-refractivity contribution < 1.29 is 9.53 Å². The fourth-order valence-electron chi connectivity index (χ4n) is 1.79. The number of ether oxygens (including phenoxy) is 1. The number of carbonyl (C=O) groups excluding carboxylic acids is 1. The van der Waals surface area contributed by atoms with Crippen molar-refractivity contribution in [1.82, 2.24) is 0 Å². The van der Waals surface area contributed by atoms with Gasteiger partial charge in [0.15, 0.2) is 0 Å². The highest BCUT2D eigenvalue weighted by Crippen LogP contribution is 2.23. The molecule has 2 rings (SSSR count). The van der Waals surface area contributed by atoms with Crippen molar-refractivity contribution in [3.63, 3.8) is 0 Å². The second-order valence-corrected chi connectivity index (χ2v) is 4.26. The SMILES string of the molecule is CN(C)c1ccc(N2CC(CN)OC2=O)cc1. The van der Waals surface area contributed by atoms with Gasteiger partial charge in [0.05, 0.1) is 6.54 Å². The Labute approximate surface area is 101 Å². The van der Waals surface area contributed by atoms with Crippen LogP contribution in [-0.2, 0) is 4.74 Å². The zero-order chi connectivity index (χ0) is 12.4. The van der Waals surface area contributed by atoms with Crippen molar-refractivity contribution in [1.29, 1.82) is 0 Å². The Hall–Kier alpha value is -1.75. The predicted molar refractivity (Wildman–Crippen MR) is 67.4 cm³/mol. The Bertz CT molecular complexity index is 403. The lowest BCUT2D eigenvalue weighted by molar-refractivity contribution is 0.145. The molecule has 2 N–H and O–H groups in total. The molecule has 1 aromatic rings. The minimum absolute atomic E-state index is 0.198. The van der Waals surface area contributed by atoms with E-state index in [9.17, 15) is 4.79 Å². The summed E-state index contributed by atoms with van der Waals surface area (Å²) in [5.41, 5.74) is 7.43. The van der Waals surface area contributed by atoms with Gasteiger partial charge in [0.25, 0.3) is 0 Å². The Morgan fingerprint density at radius 1 is 1.41 bits per heavy atom. The van der Waals surface area contributed by atoms with Gasteiger partial charge in [-0.1, -0.05) is 0 Å². The van der Waals surface area contributed by atoms with Crippen LogP contribution in [0.4, 0.5) is 16.2 Å². The van der Waals surface area contributed by atoms with Gasteiger partial charge in [-0.25, -0.2) is 4.79 Å². The highest BCUT2D eigenvalue weighted by atomic mass is 16.6. The van der Waals surface area contributed by atoms with Crippen LogP contribution < -0.4 is 15.5 Å². The Morgan fingerprint density at radius 3 is 2.53 bits per heavy atom. The summed E-state index contributed by atoms with van der Waals surface area (Å²) in [7, 11) is 3.95. The maximum atomic E-state index is 11.6. The number of hydrogen-bond donors (Lipinski definition) is 1. The van der Waals surface area contributed by atoms with E-state index in [-0.39, 0.29) is 12.2 Å². The molecular weight excluding hydrogens is 218 g/mol. The van der Waals surface area contributed by atoms with E-state index >= 15 is 0 Å². The van der Waals surface area contributed by atoms with Crippen LogP contribution in [0, 0.1) is 0 Å². The van der Waals surface area contributed by atoms with Gasteiger partial charge in [-0.2, -0.15) is 0 Å². The van der Waals surface area contributed by atoms with E-state index in [0.717, 1.165) is 11.4 Å². The molecule has 5 heteroatoms. The molecule has 0 aromatic heterocycles. The lowest BCUT2D eigenvalue weighted by Crippen LogP contribution is -2.27. The van der Waals surface area contributed by atoms with Crippen LogP contribution in [0.3, 0.4) is 0 Å².